The van der Waals surface area contributed by atoms with Crippen LogP contribution in [-0.2, 0) is 14.4 Å². The number of carbonyl (C=O) groups is 3. The van der Waals surface area contributed by atoms with Crippen molar-refractivity contribution in [2.45, 2.75) is 45.8 Å². The largest absolute Gasteiger partial charge is 0.393 e. The Bertz CT molecular complexity index is 482. The van der Waals surface area contributed by atoms with Crippen LogP contribution < -0.4 is 5.32 Å². The van der Waals surface area contributed by atoms with E-state index in [0.29, 0.717) is 37.9 Å². The first-order chi connectivity index (χ1) is 11.3. The number of nitrogens with one attached hydrogen (secondary N) is 1. The fourth-order valence-electron chi connectivity index (χ4n) is 2.82. The number of hydrogen-bond acceptors (Lipinski definition) is 4. The van der Waals surface area contributed by atoms with Crippen LogP contribution in [0.4, 0.5) is 0 Å². The van der Waals surface area contributed by atoms with Crippen molar-refractivity contribution in [3.05, 3.63) is 11.6 Å². The molecule has 1 rings (SSSR count). The van der Waals surface area contributed by atoms with Gasteiger partial charge in [-0.3, -0.25) is 14.4 Å². The molecule has 1 atom stereocenters. The number of rotatable bonds is 7. The highest BCUT2D eigenvalue weighted by Gasteiger charge is 2.25. The van der Waals surface area contributed by atoms with Gasteiger partial charge >= 0.3 is 0 Å². The molecule has 1 aliphatic rings. The molecule has 24 heavy (non-hydrogen) atoms. The smallest absolute Gasteiger partial charge is 0.249 e. The van der Waals surface area contributed by atoms with Crippen molar-refractivity contribution in [2.24, 2.45) is 5.92 Å². The molecule has 0 radical (unpaired) electrons. The van der Waals surface area contributed by atoms with E-state index in [9.17, 15) is 19.5 Å². The van der Waals surface area contributed by atoms with Crippen molar-refractivity contribution in [3.63, 3.8) is 0 Å². The first-order valence-electron chi connectivity index (χ1n) is 8.36. The molecule has 0 saturated carbocycles. The van der Waals surface area contributed by atoms with Gasteiger partial charge in [0.1, 0.15) is 0 Å². The molecule has 0 aromatic heterocycles. The number of piperidine rings is 1. The maximum atomic E-state index is 12.5. The molecule has 0 aromatic carbocycles. The molecular formula is C17H29N3O4. The van der Waals surface area contributed by atoms with E-state index in [1.54, 1.807) is 23.8 Å². The number of aliphatic hydroxyl groups excluding tert-OH is 1. The molecule has 0 aromatic rings. The summed E-state index contributed by atoms with van der Waals surface area (Å²) in [7, 11) is 1.67. The Morgan fingerprint density at radius 1 is 1.33 bits per heavy atom. The van der Waals surface area contributed by atoms with Crippen molar-refractivity contribution >= 4 is 18.2 Å². The van der Waals surface area contributed by atoms with E-state index >= 15 is 0 Å². The van der Waals surface area contributed by atoms with Gasteiger partial charge in [0.15, 0.2) is 0 Å². The van der Waals surface area contributed by atoms with Gasteiger partial charge in [-0.1, -0.05) is 19.9 Å². The summed E-state index contributed by atoms with van der Waals surface area (Å²) in [5.41, 5.74) is 0.591. The number of hydrogen-bond donors (Lipinski definition) is 2. The summed E-state index contributed by atoms with van der Waals surface area (Å²) in [4.78, 5) is 38.3. The Kier molecular flexibility index (Phi) is 7.91. The lowest BCUT2D eigenvalue weighted by molar-refractivity contribution is -0.132. The van der Waals surface area contributed by atoms with E-state index in [-0.39, 0.29) is 36.4 Å². The van der Waals surface area contributed by atoms with Crippen LogP contribution in [0.2, 0.25) is 0 Å². The van der Waals surface area contributed by atoms with Crippen molar-refractivity contribution in [1.82, 2.24) is 15.1 Å². The molecule has 1 fully saturated rings. The number of nitrogens with zero attached hydrogens (tertiary/aromatic N) is 2. The predicted octanol–water partition coefficient (Wildman–Crippen LogP) is 0.145. The summed E-state index contributed by atoms with van der Waals surface area (Å²) in [6.07, 6.45) is 3.18. The Morgan fingerprint density at radius 3 is 2.42 bits per heavy atom. The van der Waals surface area contributed by atoms with E-state index in [2.05, 4.69) is 5.32 Å². The van der Waals surface area contributed by atoms with Crippen molar-refractivity contribution in [2.75, 3.05) is 26.7 Å². The van der Waals surface area contributed by atoms with Gasteiger partial charge in [-0.25, -0.2) is 0 Å². The molecule has 136 valence electrons. The zero-order valence-corrected chi connectivity index (χ0v) is 15.0. The molecule has 0 bridgehead atoms. The first kappa shape index (κ1) is 20.2. The highest BCUT2D eigenvalue weighted by molar-refractivity contribution is 5.93. The minimum absolute atomic E-state index is 0.0561. The molecule has 3 amide bonds. The van der Waals surface area contributed by atoms with Crippen LogP contribution in [0.15, 0.2) is 11.6 Å². The fourth-order valence-corrected chi connectivity index (χ4v) is 2.82. The zero-order valence-electron chi connectivity index (χ0n) is 15.0. The van der Waals surface area contributed by atoms with Gasteiger partial charge in [0.05, 0.1) is 18.7 Å². The minimum atomic E-state index is -0.323. The number of likely N-dealkylation sites (tertiary alicyclic amines) is 1. The summed E-state index contributed by atoms with van der Waals surface area (Å²) in [5.74, 6) is -0.140. The third kappa shape index (κ3) is 5.63. The van der Waals surface area contributed by atoms with E-state index in [1.165, 1.54) is 0 Å². The Hall–Kier alpha value is -1.89. The van der Waals surface area contributed by atoms with Gasteiger partial charge < -0.3 is 20.2 Å². The van der Waals surface area contributed by atoms with Crippen molar-refractivity contribution in [1.29, 1.82) is 0 Å². The third-order valence-corrected chi connectivity index (χ3v) is 4.37. The molecule has 0 unspecified atom stereocenters. The quantitative estimate of drug-likeness (QED) is 0.510. The molecule has 7 heteroatoms. The SMILES string of the molecule is CC(=C[C@H](C(C)C)N(C)C(=O)CNC=O)C(=O)N1CCC(O)CC1. The van der Waals surface area contributed by atoms with Crippen LogP contribution in [0.5, 0.6) is 0 Å². The molecule has 1 aliphatic heterocycles. The number of likely N-dealkylation sites (N-methyl/N-ethyl adjacent to an activating group) is 1. The monoisotopic (exact) mass is 339 g/mol. The highest BCUT2D eigenvalue weighted by Crippen LogP contribution is 2.17. The standard InChI is InChI=1S/C17H29N3O4/c1-12(2)15(19(4)16(23)10-18-11-21)9-13(3)17(24)20-7-5-14(22)6-8-20/h9,11-12,14-15,22H,5-8,10H2,1-4H3,(H,18,21)/t15-/m1/s1. The Balaban J connectivity index is 2.80. The summed E-state index contributed by atoms with van der Waals surface area (Å²) in [6, 6.07) is -0.231. The van der Waals surface area contributed by atoms with Gasteiger partial charge in [0.2, 0.25) is 18.2 Å². The average Bonchev–Trinajstić information content (AvgIpc) is 2.56. The Labute approximate surface area is 143 Å². The number of aliphatic hydroxyl groups is 1. The zero-order chi connectivity index (χ0) is 18.3. The molecule has 1 heterocycles. The number of carbonyl (C=O) groups excluding carboxylic acids is 3. The van der Waals surface area contributed by atoms with Crippen molar-refractivity contribution in [3.8, 4) is 0 Å². The second-order valence-corrected chi connectivity index (χ2v) is 6.61. The first-order valence-corrected chi connectivity index (χ1v) is 8.36. The molecule has 1 saturated heterocycles. The Morgan fingerprint density at radius 2 is 1.92 bits per heavy atom. The van der Waals surface area contributed by atoms with Crippen LogP contribution in [0, 0.1) is 5.92 Å². The van der Waals surface area contributed by atoms with E-state index < -0.39 is 0 Å². The normalized spacial score (nSPS) is 17.6. The summed E-state index contributed by atoms with van der Waals surface area (Å²) in [5, 5.41) is 11.9. The lowest BCUT2D eigenvalue weighted by Gasteiger charge is -2.32. The van der Waals surface area contributed by atoms with Gasteiger partial charge in [0, 0.05) is 25.7 Å². The molecular weight excluding hydrogens is 310 g/mol. The average molecular weight is 339 g/mol. The van der Waals surface area contributed by atoms with Crippen molar-refractivity contribution < 1.29 is 19.5 Å². The third-order valence-electron chi connectivity index (χ3n) is 4.37. The van der Waals surface area contributed by atoms with Crippen LogP contribution in [0.25, 0.3) is 0 Å². The second kappa shape index (κ2) is 9.42. The lowest BCUT2D eigenvalue weighted by atomic mass is 9.99. The highest BCUT2D eigenvalue weighted by atomic mass is 16.3. The van der Waals surface area contributed by atoms with Crippen LogP contribution in [0.1, 0.15) is 33.6 Å². The topological polar surface area (TPSA) is 90.0 Å². The van der Waals surface area contributed by atoms with E-state index in [0.717, 1.165) is 0 Å². The van der Waals surface area contributed by atoms with E-state index in [4.69, 9.17) is 0 Å². The molecule has 0 spiro atoms. The van der Waals surface area contributed by atoms with Gasteiger partial charge in [-0.05, 0) is 25.7 Å². The van der Waals surface area contributed by atoms with Gasteiger partial charge in [0.25, 0.3) is 0 Å². The van der Waals surface area contributed by atoms with Crippen LogP contribution >= 0.6 is 0 Å². The van der Waals surface area contributed by atoms with Crippen LogP contribution in [-0.4, -0.2) is 72.0 Å². The molecule has 7 nitrogen and oxygen atoms in total. The maximum Gasteiger partial charge on any atom is 0.249 e. The second-order valence-electron chi connectivity index (χ2n) is 6.61. The summed E-state index contributed by atoms with van der Waals surface area (Å²) in [6.45, 7) is 6.75. The minimum Gasteiger partial charge on any atom is -0.393 e. The molecule has 2 N–H and O–H groups in total. The summed E-state index contributed by atoms with van der Waals surface area (Å²) < 4.78 is 0. The predicted molar refractivity (Wildman–Crippen MR) is 91.0 cm³/mol. The maximum absolute atomic E-state index is 12.5. The van der Waals surface area contributed by atoms with Crippen LogP contribution in [0.3, 0.4) is 0 Å². The van der Waals surface area contributed by atoms with E-state index in [1.807, 2.05) is 19.9 Å². The summed E-state index contributed by atoms with van der Waals surface area (Å²) >= 11 is 0. The van der Waals surface area contributed by atoms with Gasteiger partial charge in [-0.15, -0.1) is 0 Å². The van der Waals surface area contributed by atoms with Gasteiger partial charge in [-0.2, -0.15) is 0 Å². The number of amides is 3. The lowest BCUT2D eigenvalue weighted by Crippen LogP contribution is -2.44. The fraction of sp³-hybridized carbons (Fsp3) is 0.706. The molecule has 0 aliphatic carbocycles.